The molecule has 0 aliphatic carbocycles. The van der Waals surface area contributed by atoms with E-state index in [4.69, 9.17) is 5.73 Å². The largest absolute Gasteiger partial charge is 0.366 e. The number of benzene rings is 2. The van der Waals surface area contributed by atoms with Crippen LogP contribution in [0.5, 0.6) is 0 Å². The highest BCUT2D eigenvalue weighted by Gasteiger charge is 2.56. The second-order valence-electron chi connectivity index (χ2n) is 6.79. The lowest BCUT2D eigenvalue weighted by Gasteiger charge is -2.19. The number of rotatable bonds is 3. The third-order valence-corrected chi connectivity index (χ3v) is 5.17. The van der Waals surface area contributed by atoms with E-state index >= 15 is 0 Å². The van der Waals surface area contributed by atoms with Crippen molar-refractivity contribution in [3.05, 3.63) is 59.7 Å². The van der Waals surface area contributed by atoms with Gasteiger partial charge in [0.1, 0.15) is 6.04 Å². The Hall–Kier alpha value is -3.26. The highest BCUT2D eigenvalue weighted by atomic mass is 19.2. The lowest BCUT2D eigenvalue weighted by molar-refractivity contribution is -0.126. The molecule has 1 saturated heterocycles. The van der Waals surface area contributed by atoms with Gasteiger partial charge in [-0.05, 0) is 42.3 Å². The van der Waals surface area contributed by atoms with Crippen LogP contribution in [0, 0.1) is 0 Å². The zero-order chi connectivity index (χ0) is 19.2. The number of halogens is 1. The maximum Gasteiger partial charge on any atom is 0.248 e. The maximum atomic E-state index is 14.6. The quantitative estimate of drug-likeness (QED) is 0.715. The number of fused-ring (bicyclic) bond motifs is 2. The minimum Gasteiger partial charge on any atom is -0.366 e. The molecular formula is C19H17FN4O3. The summed E-state index contributed by atoms with van der Waals surface area (Å²) >= 11 is 0. The van der Waals surface area contributed by atoms with Crippen molar-refractivity contribution in [3.8, 4) is 0 Å². The van der Waals surface area contributed by atoms with E-state index in [1.165, 1.54) is 24.3 Å². The summed E-state index contributed by atoms with van der Waals surface area (Å²) in [6.07, 6.45) is 0.0392. The predicted molar refractivity (Wildman–Crippen MR) is 96.6 cm³/mol. The lowest BCUT2D eigenvalue weighted by atomic mass is 9.79. The van der Waals surface area contributed by atoms with Crippen LogP contribution in [-0.2, 0) is 15.0 Å². The Morgan fingerprint density at radius 2 is 1.89 bits per heavy atom. The number of amides is 3. The summed E-state index contributed by atoms with van der Waals surface area (Å²) in [4.78, 5) is 36.2. The van der Waals surface area contributed by atoms with Gasteiger partial charge in [0.05, 0.1) is 5.41 Å². The van der Waals surface area contributed by atoms with Crippen LogP contribution in [0.25, 0.3) is 0 Å². The topological polar surface area (TPSA) is 105 Å². The first-order chi connectivity index (χ1) is 12.9. The second kappa shape index (κ2) is 6.17. The first-order valence-corrected chi connectivity index (χ1v) is 8.45. The van der Waals surface area contributed by atoms with Crippen molar-refractivity contribution in [1.29, 1.82) is 0 Å². The molecule has 2 aromatic carbocycles. The molecule has 138 valence electrons. The average Bonchev–Trinajstić information content (AvgIpc) is 3.13. The molecule has 0 aromatic heterocycles. The van der Waals surface area contributed by atoms with Crippen LogP contribution < -0.4 is 16.4 Å². The first-order valence-electron chi connectivity index (χ1n) is 8.45. The van der Waals surface area contributed by atoms with Crippen molar-refractivity contribution in [1.82, 2.24) is 5.12 Å². The van der Waals surface area contributed by atoms with E-state index in [-0.39, 0.29) is 18.9 Å². The molecular weight excluding hydrogens is 351 g/mol. The molecule has 1 fully saturated rings. The van der Waals surface area contributed by atoms with Crippen molar-refractivity contribution in [2.75, 3.05) is 17.2 Å². The summed E-state index contributed by atoms with van der Waals surface area (Å²) < 4.78 is 14.6. The number of carbonyl (C=O) groups excluding carboxylic acids is 3. The molecule has 0 bridgehead atoms. The number of nitrogens with zero attached hydrogens (tertiary/aromatic N) is 1. The molecule has 1 spiro atoms. The highest BCUT2D eigenvalue weighted by Crippen LogP contribution is 2.46. The van der Waals surface area contributed by atoms with Crippen molar-refractivity contribution in [2.24, 2.45) is 5.73 Å². The van der Waals surface area contributed by atoms with Gasteiger partial charge in [0.15, 0.2) is 0 Å². The minimum atomic E-state index is -1.10. The molecule has 4 rings (SSSR count). The Kier molecular flexibility index (Phi) is 3.92. The molecule has 0 saturated carbocycles. The van der Waals surface area contributed by atoms with E-state index in [1.54, 1.807) is 24.3 Å². The minimum absolute atomic E-state index is 0.0392. The van der Waals surface area contributed by atoms with Crippen LogP contribution in [0.15, 0.2) is 48.5 Å². The summed E-state index contributed by atoms with van der Waals surface area (Å²) in [5.74, 6) is -1.43. The van der Waals surface area contributed by atoms with Crippen molar-refractivity contribution in [3.63, 3.8) is 0 Å². The summed E-state index contributed by atoms with van der Waals surface area (Å²) in [6, 6.07) is 12.0. The summed E-state index contributed by atoms with van der Waals surface area (Å²) in [5, 5.41) is 5.80. The van der Waals surface area contributed by atoms with Gasteiger partial charge in [0.2, 0.25) is 17.7 Å². The lowest BCUT2D eigenvalue weighted by Crippen LogP contribution is -2.36. The number of anilines is 2. The molecule has 2 heterocycles. The van der Waals surface area contributed by atoms with E-state index in [2.05, 4.69) is 10.6 Å². The van der Waals surface area contributed by atoms with Crippen molar-refractivity contribution in [2.45, 2.75) is 17.9 Å². The molecule has 2 aromatic rings. The van der Waals surface area contributed by atoms with Gasteiger partial charge in [-0.1, -0.05) is 18.2 Å². The third kappa shape index (κ3) is 2.74. The maximum absolute atomic E-state index is 14.6. The molecule has 2 unspecified atom stereocenters. The van der Waals surface area contributed by atoms with Crippen molar-refractivity contribution < 1.29 is 18.9 Å². The van der Waals surface area contributed by atoms with Gasteiger partial charge in [0.25, 0.3) is 0 Å². The molecule has 27 heavy (non-hydrogen) atoms. The second-order valence-corrected chi connectivity index (χ2v) is 6.79. The molecule has 4 N–H and O–H groups in total. The van der Waals surface area contributed by atoms with Gasteiger partial charge in [-0.15, -0.1) is 9.60 Å². The number of para-hydroxylation sites is 1. The van der Waals surface area contributed by atoms with E-state index in [0.29, 0.717) is 27.6 Å². The van der Waals surface area contributed by atoms with Crippen LogP contribution in [0.4, 0.5) is 15.9 Å². The summed E-state index contributed by atoms with van der Waals surface area (Å²) in [5.41, 5.74) is 6.18. The van der Waals surface area contributed by atoms with Gasteiger partial charge in [-0.3, -0.25) is 14.4 Å². The van der Waals surface area contributed by atoms with Crippen LogP contribution in [0.1, 0.15) is 22.3 Å². The normalized spacial score (nSPS) is 23.9. The molecule has 7 nitrogen and oxygen atoms in total. The van der Waals surface area contributed by atoms with Crippen molar-refractivity contribution >= 4 is 29.1 Å². The van der Waals surface area contributed by atoms with Gasteiger partial charge >= 0.3 is 0 Å². The smallest absolute Gasteiger partial charge is 0.248 e. The van der Waals surface area contributed by atoms with Gasteiger partial charge in [-0.2, -0.15) is 0 Å². The molecule has 8 heteroatoms. The van der Waals surface area contributed by atoms with Gasteiger partial charge in [-0.25, -0.2) is 0 Å². The number of hydrogen-bond acceptors (Lipinski definition) is 4. The molecule has 2 atom stereocenters. The average molecular weight is 368 g/mol. The van der Waals surface area contributed by atoms with Crippen LogP contribution in [-0.4, -0.2) is 35.4 Å². The number of carbonyl (C=O) groups is 3. The first kappa shape index (κ1) is 17.2. The molecule has 2 aliphatic rings. The van der Waals surface area contributed by atoms with Gasteiger partial charge in [0, 0.05) is 23.5 Å². The van der Waals surface area contributed by atoms with E-state index < -0.39 is 23.3 Å². The Morgan fingerprint density at radius 1 is 1.19 bits per heavy atom. The monoisotopic (exact) mass is 368 g/mol. The van der Waals surface area contributed by atoms with E-state index in [1.807, 2.05) is 0 Å². The van der Waals surface area contributed by atoms with Gasteiger partial charge < -0.3 is 16.4 Å². The Labute approximate surface area is 154 Å². The molecule has 0 radical (unpaired) electrons. The fraction of sp³-hybridized carbons (Fsp3) is 0.211. The van der Waals surface area contributed by atoms with Crippen LogP contribution >= 0.6 is 0 Å². The molecule has 3 amide bonds. The zero-order valence-corrected chi connectivity index (χ0v) is 14.2. The molecule has 2 aliphatic heterocycles. The number of nitrogens with two attached hydrogens (primary N) is 1. The fourth-order valence-electron chi connectivity index (χ4n) is 3.76. The predicted octanol–water partition coefficient (Wildman–Crippen LogP) is 1.57. The number of primary amides is 1. The Balaban J connectivity index is 1.54. The summed E-state index contributed by atoms with van der Waals surface area (Å²) in [6.45, 7) is -0.186. The Bertz CT molecular complexity index is 946. The van der Waals surface area contributed by atoms with Crippen LogP contribution in [0.2, 0.25) is 0 Å². The Morgan fingerprint density at radius 3 is 2.59 bits per heavy atom. The standard InChI is InChI=1S/C19H17FN4O3/c20-24-10-19(13-3-1-2-4-14(13)23-18(19)27)9-15(24)17(26)22-12-7-5-11(6-8-12)16(21)25/h1-8,15H,9-10H2,(H2,21,25)(H,22,26)(H,23,27). The SMILES string of the molecule is NC(=O)c1ccc(NC(=O)C2CC3(CN2F)C(=O)Nc2ccccc23)cc1. The number of nitrogens with one attached hydrogen (secondary N) is 2. The fourth-order valence-corrected chi connectivity index (χ4v) is 3.76. The number of hydrogen-bond donors (Lipinski definition) is 3. The highest BCUT2D eigenvalue weighted by molar-refractivity contribution is 6.08. The van der Waals surface area contributed by atoms with Crippen LogP contribution in [0.3, 0.4) is 0 Å². The zero-order valence-electron chi connectivity index (χ0n) is 14.2. The third-order valence-electron chi connectivity index (χ3n) is 5.17. The summed E-state index contributed by atoms with van der Waals surface area (Å²) in [7, 11) is 0. The van der Waals surface area contributed by atoms with E-state index in [9.17, 15) is 18.9 Å². The van der Waals surface area contributed by atoms with E-state index in [0.717, 1.165) is 0 Å².